The molecular weight excluding hydrogens is 372 g/mol. The number of carbonyl (C=O) groups excluding carboxylic acids is 2. The third-order valence-electron chi connectivity index (χ3n) is 4.77. The van der Waals surface area contributed by atoms with Crippen molar-refractivity contribution in [3.8, 4) is 5.75 Å². The first kappa shape index (κ1) is 18.5. The summed E-state index contributed by atoms with van der Waals surface area (Å²) >= 11 is 0. The van der Waals surface area contributed by atoms with E-state index in [0.717, 1.165) is 0 Å². The summed E-state index contributed by atoms with van der Waals surface area (Å²) in [5, 5.41) is 14.9. The number of benzene rings is 2. The van der Waals surface area contributed by atoms with Crippen molar-refractivity contribution in [2.45, 2.75) is 13.0 Å². The number of ether oxygens (including phenoxy) is 1. The second-order valence-corrected chi connectivity index (χ2v) is 6.61. The van der Waals surface area contributed by atoms with Crippen LogP contribution in [0.1, 0.15) is 22.9 Å². The molecule has 1 fully saturated rings. The van der Waals surface area contributed by atoms with E-state index in [9.17, 15) is 14.7 Å². The molecule has 1 atom stereocenters. The highest BCUT2D eigenvalue weighted by Gasteiger charge is 2.48. The quantitative estimate of drug-likeness (QED) is 0.416. The molecule has 0 bridgehead atoms. The first-order chi connectivity index (χ1) is 14.0. The molecule has 1 N–H and O–H groups in total. The third-order valence-corrected chi connectivity index (χ3v) is 4.77. The van der Waals surface area contributed by atoms with Gasteiger partial charge >= 0.3 is 5.91 Å². The van der Waals surface area contributed by atoms with Gasteiger partial charge in [-0.25, -0.2) is 0 Å². The normalized spacial score (nSPS) is 18.3. The van der Waals surface area contributed by atoms with Gasteiger partial charge in [0, 0.05) is 11.6 Å². The minimum Gasteiger partial charge on any atom is -0.507 e. The van der Waals surface area contributed by atoms with Gasteiger partial charge in [-0.05, 0) is 24.6 Å². The van der Waals surface area contributed by atoms with Gasteiger partial charge in [0.2, 0.25) is 0 Å². The van der Waals surface area contributed by atoms with Crippen LogP contribution in [0, 0.1) is 6.92 Å². The van der Waals surface area contributed by atoms with Gasteiger partial charge in [0.1, 0.15) is 17.3 Å². The SMILES string of the molecule is COc1cccc(/C(O)=C2\C(=O)C(=O)N(c3cc(C)on3)[C@H]2c2ccccc2)c1. The van der Waals surface area contributed by atoms with E-state index in [0.29, 0.717) is 22.6 Å². The zero-order chi connectivity index (χ0) is 20.5. The predicted octanol–water partition coefficient (Wildman–Crippen LogP) is 3.62. The molecule has 1 aliphatic heterocycles. The minimum absolute atomic E-state index is 0.0184. The standard InChI is InChI=1S/C22H18N2O5/c1-13-11-17(23-29-13)24-19(14-7-4-3-5-8-14)18(21(26)22(24)27)20(25)15-9-6-10-16(12-15)28-2/h3-12,19,25H,1-2H3/b20-18+/t19-/m0/s1. The second kappa shape index (κ2) is 7.27. The monoisotopic (exact) mass is 390 g/mol. The second-order valence-electron chi connectivity index (χ2n) is 6.61. The number of aromatic nitrogens is 1. The zero-order valence-electron chi connectivity index (χ0n) is 15.8. The summed E-state index contributed by atoms with van der Waals surface area (Å²) in [6, 6.07) is 16.4. The Morgan fingerprint density at radius 3 is 2.52 bits per heavy atom. The smallest absolute Gasteiger partial charge is 0.301 e. The average Bonchev–Trinajstić information content (AvgIpc) is 3.29. The van der Waals surface area contributed by atoms with Crippen LogP contribution in [0.2, 0.25) is 0 Å². The van der Waals surface area contributed by atoms with E-state index in [1.54, 1.807) is 61.5 Å². The number of methoxy groups -OCH3 is 1. The van der Waals surface area contributed by atoms with Crippen molar-refractivity contribution in [3.05, 3.63) is 83.1 Å². The van der Waals surface area contributed by atoms with E-state index in [2.05, 4.69) is 5.16 Å². The zero-order valence-corrected chi connectivity index (χ0v) is 15.8. The van der Waals surface area contributed by atoms with E-state index in [4.69, 9.17) is 9.26 Å². The molecule has 4 rings (SSSR count). The first-order valence-electron chi connectivity index (χ1n) is 8.95. The highest BCUT2D eigenvalue weighted by molar-refractivity contribution is 6.51. The molecule has 0 radical (unpaired) electrons. The van der Waals surface area contributed by atoms with Gasteiger partial charge < -0.3 is 14.4 Å². The van der Waals surface area contributed by atoms with Crippen molar-refractivity contribution in [2.75, 3.05) is 12.0 Å². The number of amides is 1. The maximum atomic E-state index is 13.0. The Bertz CT molecular complexity index is 1120. The maximum absolute atomic E-state index is 13.0. The largest absolute Gasteiger partial charge is 0.507 e. The fourth-order valence-corrected chi connectivity index (χ4v) is 3.41. The molecule has 1 saturated heterocycles. The number of Topliss-reactive ketones (excluding diaryl/α,β-unsaturated/α-hetero) is 1. The average molecular weight is 390 g/mol. The number of ketones is 1. The van der Waals surface area contributed by atoms with Gasteiger partial charge in [0.25, 0.3) is 5.78 Å². The molecule has 0 unspecified atom stereocenters. The lowest BCUT2D eigenvalue weighted by atomic mass is 9.95. The molecule has 2 aromatic carbocycles. The van der Waals surface area contributed by atoms with E-state index in [1.807, 2.05) is 6.07 Å². The van der Waals surface area contributed by atoms with Crippen LogP contribution in [0.15, 0.2) is 70.8 Å². The Hall–Kier alpha value is -3.87. The molecule has 1 amide bonds. The molecular formula is C22H18N2O5. The van der Waals surface area contributed by atoms with E-state index < -0.39 is 17.7 Å². The Morgan fingerprint density at radius 2 is 1.86 bits per heavy atom. The summed E-state index contributed by atoms with van der Waals surface area (Å²) in [4.78, 5) is 27.1. The number of hydrogen-bond donors (Lipinski definition) is 1. The van der Waals surface area contributed by atoms with Gasteiger partial charge in [-0.3, -0.25) is 14.5 Å². The van der Waals surface area contributed by atoms with Crippen molar-refractivity contribution in [3.63, 3.8) is 0 Å². The molecule has 29 heavy (non-hydrogen) atoms. The molecule has 1 aliphatic rings. The Kier molecular flexibility index (Phi) is 4.64. The molecule has 7 nitrogen and oxygen atoms in total. The van der Waals surface area contributed by atoms with E-state index in [1.165, 1.54) is 12.0 Å². The van der Waals surface area contributed by atoms with Crippen LogP contribution in [-0.2, 0) is 9.59 Å². The van der Waals surface area contributed by atoms with Crippen LogP contribution >= 0.6 is 0 Å². The summed E-state index contributed by atoms with van der Waals surface area (Å²) in [6.45, 7) is 1.70. The molecule has 0 aliphatic carbocycles. The maximum Gasteiger partial charge on any atom is 0.301 e. The molecule has 0 spiro atoms. The van der Waals surface area contributed by atoms with Crippen LogP contribution in [0.3, 0.4) is 0 Å². The number of rotatable bonds is 4. The summed E-state index contributed by atoms with van der Waals surface area (Å²) in [5.74, 6) is -0.619. The van der Waals surface area contributed by atoms with Crippen LogP contribution in [0.25, 0.3) is 5.76 Å². The number of aliphatic hydroxyl groups is 1. The summed E-state index contributed by atoms with van der Waals surface area (Å²) in [6.07, 6.45) is 0. The van der Waals surface area contributed by atoms with Crippen LogP contribution in [0.5, 0.6) is 5.75 Å². The van der Waals surface area contributed by atoms with Crippen LogP contribution in [0.4, 0.5) is 5.82 Å². The van der Waals surface area contributed by atoms with Crippen molar-refractivity contribution >= 4 is 23.3 Å². The lowest BCUT2D eigenvalue weighted by molar-refractivity contribution is -0.132. The van der Waals surface area contributed by atoms with Gasteiger partial charge in [-0.2, -0.15) is 0 Å². The fraction of sp³-hybridized carbons (Fsp3) is 0.136. The van der Waals surface area contributed by atoms with Gasteiger partial charge in [-0.1, -0.05) is 47.6 Å². The summed E-state index contributed by atoms with van der Waals surface area (Å²) in [7, 11) is 1.51. The third kappa shape index (κ3) is 3.16. The van der Waals surface area contributed by atoms with E-state index >= 15 is 0 Å². The number of anilines is 1. The molecule has 146 valence electrons. The van der Waals surface area contributed by atoms with Gasteiger partial charge in [0.15, 0.2) is 5.82 Å². The Balaban J connectivity index is 1.93. The lowest BCUT2D eigenvalue weighted by Crippen LogP contribution is -2.29. The molecule has 3 aromatic rings. The van der Waals surface area contributed by atoms with Gasteiger partial charge in [-0.15, -0.1) is 0 Å². The Labute approximate surface area is 166 Å². The first-order valence-corrected chi connectivity index (χ1v) is 8.95. The van der Waals surface area contributed by atoms with Crippen LogP contribution < -0.4 is 9.64 Å². The molecule has 0 saturated carbocycles. The number of hydrogen-bond acceptors (Lipinski definition) is 6. The van der Waals surface area contributed by atoms with Crippen molar-refractivity contribution in [1.29, 1.82) is 0 Å². The number of nitrogens with zero attached hydrogens (tertiary/aromatic N) is 2. The van der Waals surface area contributed by atoms with Crippen molar-refractivity contribution in [1.82, 2.24) is 5.16 Å². The van der Waals surface area contributed by atoms with Gasteiger partial charge in [0.05, 0.1) is 18.7 Å². The topological polar surface area (TPSA) is 92.9 Å². The molecule has 2 heterocycles. The Morgan fingerprint density at radius 1 is 1.10 bits per heavy atom. The molecule has 1 aromatic heterocycles. The van der Waals surface area contributed by atoms with E-state index in [-0.39, 0.29) is 17.2 Å². The molecule has 7 heteroatoms. The highest BCUT2D eigenvalue weighted by atomic mass is 16.5. The van der Waals surface area contributed by atoms with Crippen molar-refractivity contribution in [2.24, 2.45) is 0 Å². The highest BCUT2D eigenvalue weighted by Crippen LogP contribution is 2.42. The minimum atomic E-state index is -0.841. The lowest BCUT2D eigenvalue weighted by Gasteiger charge is -2.22. The number of aliphatic hydroxyl groups excluding tert-OH is 1. The summed E-state index contributed by atoms with van der Waals surface area (Å²) in [5.41, 5.74) is 1.02. The van der Waals surface area contributed by atoms with Crippen LogP contribution in [-0.4, -0.2) is 29.1 Å². The number of aryl methyl sites for hydroxylation is 1. The number of carbonyl (C=O) groups is 2. The van der Waals surface area contributed by atoms with Crippen molar-refractivity contribution < 1.29 is 24.0 Å². The fourth-order valence-electron chi connectivity index (χ4n) is 3.41. The summed E-state index contributed by atoms with van der Waals surface area (Å²) < 4.78 is 10.3. The predicted molar refractivity (Wildman–Crippen MR) is 105 cm³/mol.